The Kier molecular flexibility index (Phi) is 5.58. The van der Waals surface area contributed by atoms with Crippen LogP contribution < -0.4 is 5.32 Å². The number of anilines is 1. The fourth-order valence-corrected chi connectivity index (χ4v) is 1.95. The number of aliphatic imine (C=N–C) groups is 1. The molecule has 1 aromatic heterocycles. The van der Waals surface area contributed by atoms with Crippen LogP contribution in [0.2, 0.25) is 0 Å². The van der Waals surface area contributed by atoms with E-state index < -0.39 is 0 Å². The summed E-state index contributed by atoms with van der Waals surface area (Å²) < 4.78 is 5.02. The first-order valence-electron chi connectivity index (χ1n) is 5.68. The molecule has 0 spiro atoms. The number of methoxy groups -OCH3 is 1. The monoisotopic (exact) mass is 265 g/mol. The molecule has 0 atom stereocenters. The van der Waals surface area contributed by atoms with Gasteiger partial charge in [-0.2, -0.15) is 0 Å². The Morgan fingerprint density at radius 3 is 2.94 bits per heavy atom. The van der Waals surface area contributed by atoms with Gasteiger partial charge in [0.25, 0.3) is 0 Å². The zero-order chi connectivity index (χ0) is 13.5. The first-order chi connectivity index (χ1) is 8.51. The van der Waals surface area contributed by atoms with Crippen LogP contribution in [0.4, 0.5) is 5.13 Å². The highest BCUT2D eigenvalue weighted by atomic mass is 32.1. The first kappa shape index (κ1) is 14.4. The minimum Gasteiger partial charge on any atom is -0.501 e. The number of aromatic nitrogens is 1. The van der Waals surface area contributed by atoms with Crippen molar-refractivity contribution in [2.24, 2.45) is 4.99 Å². The van der Waals surface area contributed by atoms with Crippen LogP contribution >= 0.6 is 11.3 Å². The highest BCUT2D eigenvalue weighted by Crippen LogP contribution is 2.15. The Bertz CT molecular complexity index is 461. The molecule has 0 aromatic carbocycles. The van der Waals surface area contributed by atoms with Crippen LogP contribution in [-0.2, 0) is 4.74 Å². The quantitative estimate of drug-likeness (QED) is 0.487. The number of nitrogens with one attached hydrogen (secondary N) is 1. The van der Waals surface area contributed by atoms with Gasteiger partial charge < -0.3 is 10.1 Å². The Hall–Kier alpha value is -1.62. The zero-order valence-electron chi connectivity index (χ0n) is 11.2. The molecule has 18 heavy (non-hydrogen) atoms. The molecule has 1 N–H and O–H groups in total. The summed E-state index contributed by atoms with van der Waals surface area (Å²) in [4.78, 5) is 8.60. The van der Waals surface area contributed by atoms with E-state index in [2.05, 4.69) is 35.7 Å². The third-order valence-corrected chi connectivity index (χ3v) is 2.78. The van der Waals surface area contributed by atoms with Gasteiger partial charge in [-0.15, -0.1) is 11.3 Å². The van der Waals surface area contributed by atoms with Crippen LogP contribution in [0.3, 0.4) is 0 Å². The van der Waals surface area contributed by atoms with Crippen molar-refractivity contribution in [3.63, 3.8) is 0 Å². The fourth-order valence-electron chi connectivity index (χ4n) is 1.14. The number of hydrogen-bond donors (Lipinski definition) is 1. The number of allylic oxidation sites excluding steroid dienone is 2. The molecule has 0 aliphatic rings. The average Bonchev–Trinajstić information content (AvgIpc) is 2.73. The van der Waals surface area contributed by atoms with E-state index in [0.717, 1.165) is 16.6 Å². The molecule has 1 heterocycles. The van der Waals surface area contributed by atoms with Crippen molar-refractivity contribution in [2.45, 2.75) is 26.8 Å². The number of rotatable bonds is 6. The van der Waals surface area contributed by atoms with Crippen molar-refractivity contribution in [3.8, 4) is 0 Å². The molecule has 0 aliphatic carbocycles. The Balaban J connectivity index is 2.62. The lowest BCUT2D eigenvalue weighted by Gasteiger charge is -2.03. The van der Waals surface area contributed by atoms with Crippen LogP contribution in [0, 0.1) is 0 Å². The predicted octanol–water partition coefficient (Wildman–Crippen LogP) is 3.45. The van der Waals surface area contributed by atoms with Crippen LogP contribution in [-0.4, -0.2) is 24.4 Å². The molecule has 0 amide bonds. The molecular weight excluding hydrogens is 246 g/mol. The van der Waals surface area contributed by atoms with Crippen molar-refractivity contribution in [2.75, 3.05) is 12.4 Å². The maximum absolute atomic E-state index is 5.02. The van der Waals surface area contributed by atoms with Gasteiger partial charge in [0.1, 0.15) is 0 Å². The van der Waals surface area contributed by atoms with E-state index in [-0.39, 0.29) is 0 Å². The smallest absolute Gasteiger partial charge is 0.183 e. The molecule has 0 bridgehead atoms. The van der Waals surface area contributed by atoms with E-state index in [9.17, 15) is 0 Å². The van der Waals surface area contributed by atoms with Gasteiger partial charge >= 0.3 is 0 Å². The van der Waals surface area contributed by atoms with Gasteiger partial charge in [0.05, 0.1) is 30.5 Å². The van der Waals surface area contributed by atoms with E-state index in [1.54, 1.807) is 30.7 Å². The molecule has 4 nitrogen and oxygen atoms in total. The molecule has 0 saturated heterocycles. The molecule has 0 unspecified atom stereocenters. The SMILES string of the molecule is C=C(/C=C(\C)OC)N=Cc1csc(NC(C)C)n1. The second kappa shape index (κ2) is 6.96. The highest BCUT2D eigenvalue weighted by molar-refractivity contribution is 7.13. The van der Waals surface area contributed by atoms with Crippen LogP contribution in [0.5, 0.6) is 0 Å². The Labute approximate surface area is 112 Å². The summed E-state index contributed by atoms with van der Waals surface area (Å²) in [6, 6.07) is 0.378. The molecule has 0 fully saturated rings. The lowest BCUT2D eigenvalue weighted by molar-refractivity contribution is 0.293. The summed E-state index contributed by atoms with van der Waals surface area (Å²) in [5.41, 5.74) is 1.47. The van der Waals surface area contributed by atoms with E-state index in [1.807, 2.05) is 12.3 Å². The third-order valence-electron chi connectivity index (χ3n) is 1.99. The number of nitrogens with zero attached hydrogens (tertiary/aromatic N) is 2. The number of hydrogen-bond acceptors (Lipinski definition) is 5. The number of ether oxygens (including phenoxy) is 1. The number of thiazole rings is 1. The molecule has 98 valence electrons. The summed E-state index contributed by atoms with van der Waals surface area (Å²) in [6.45, 7) is 9.83. The Morgan fingerprint density at radius 1 is 1.61 bits per heavy atom. The maximum Gasteiger partial charge on any atom is 0.183 e. The molecule has 5 heteroatoms. The van der Waals surface area contributed by atoms with Crippen molar-refractivity contribution in [1.29, 1.82) is 0 Å². The Morgan fingerprint density at radius 2 is 2.33 bits per heavy atom. The van der Waals surface area contributed by atoms with E-state index >= 15 is 0 Å². The molecule has 0 saturated carbocycles. The average molecular weight is 265 g/mol. The van der Waals surface area contributed by atoms with E-state index in [4.69, 9.17) is 4.74 Å². The summed E-state index contributed by atoms with van der Waals surface area (Å²) in [5, 5.41) is 6.10. The minimum absolute atomic E-state index is 0.378. The molecular formula is C13H19N3OS. The second-order valence-corrected chi connectivity index (χ2v) is 4.94. The predicted molar refractivity (Wildman–Crippen MR) is 78.4 cm³/mol. The van der Waals surface area contributed by atoms with Crippen molar-refractivity contribution in [1.82, 2.24) is 4.98 Å². The van der Waals surface area contributed by atoms with Crippen LogP contribution in [0.25, 0.3) is 0 Å². The summed E-state index contributed by atoms with van der Waals surface area (Å²) in [5.74, 6) is 0.776. The summed E-state index contributed by atoms with van der Waals surface area (Å²) >= 11 is 1.56. The van der Waals surface area contributed by atoms with Gasteiger partial charge in [0, 0.05) is 17.5 Å². The topological polar surface area (TPSA) is 46.5 Å². The largest absolute Gasteiger partial charge is 0.501 e. The third kappa shape index (κ3) is 5.14. The van der Waals surface area contributed by atoms with Gasteiger partial charge in [0.15, 0.2) is 5.13 Å². The van der Waals surface area contributed by atoms with Gasteiger partial charge in [-0.05, 0) is 20.8 Å². The zero-order valence-corrected chi connectivity index (χ0v) is 12.0. The van der Waals surface area contributed by atoms with Crippen molar-refractivity contribution in [3.05, 3.63) is 35.2 Å². The van der Waals surface area contributed by atoms with Gasteiger partial charge in [-0.1, -0.05) is 6.58 Å². The standard InChI is InChI=1S/C13H19N3OS/c1-9(2)15-13-16-12(8-18-13)7-14-10(3)6-11(4)17-5/h6-9H,3H2,1-2,4-5H3,(H,15,16)/b11-6+,14-7?. The molecule has 0 aliphatic heterocycles. The lowest BCUT2D eigenvalue weighted by Crippen LogP contribution is -2.09. The lowest BCUT2D eigenvalue weighted by atomic mass is 10.4. The van der Waals surface area contributed by atoms with Gasteiger partial charge in [-0.3, -0.25) is 4.99 Å². The summed E-state index contributed by atoms with van der Waals surface area (Å²) in [6.07, 6.45) is 3.47. The summed E-state index contributed by atoms with van der Waals surface area (Å²) in [7, 11) is 1.62. The van der Waals surface area contributed by atoms with Crippen molar-refractivity contribution >= 4 is 22.7 Å². The highest BCUT2D eigenvalue weighted by Gasteiger charge is 2.00. The fraction of sp³-hybridized carbons (Fsp3) is 0.385. The molecule has 1 rings (SSSR count). The van der Waals surface area contributed by atoms with Crippen LogP contribution in [0.1, 0.15) is 26.5 Å². The van der Waals surface area contributed by atoms with E-state index in [1.165, 1.54) is 0 Å². The first-order valence-corrected chi connectivity index (χ1v) is 6.56. The maximum atomic E-state index is 5.02. The van der Waals surface area contributed by atoms with Gasteiger partial charge in [0.2, 0.25) is 0 Å². The van der Waals surface area contributed by atoms with Gasteiger partial charge in [-0.25, -0.2) is 4.98 Å². The molecule has 1 aromatic rings. The van der Waals surface area contributed by atoms with Crippen LogP contribution in [0.15, 0.2) is 34.5 Å². The van der Waals surface area contributed by atoms with E-state index in [0.29, 0.717) is 11.7 Å². The minimum atomic E-state index is 0.378. The van der Waals surface area contributed by atoms with Crippen molar-refractivity contribution < 1.29 is 4.74 Å². The second-order valence-electron chi connectivity index (χ2n) is 4.09. The molecule has 0 radical (unpaired) electrons. The normalized spacial score (nSPS) is 12.2.